The van der Waals surface area contributed by atoms with Crippen LogP contribution in [0, 0.1) is 6.92 Å². The van der Waals surface area contributed by atoms with E-state index in [1.165, 1.54) is 11.3 Å². The van der Waals surface area contributed by atoms with Crippen molar-refractivity contribution in [2.24, 2.45) is 0 Å². The quantitative estimate of drug-likeness (QED) is 0.694. The molecule has 1 N–H and O–H groups in total. The number of hydrogen-bond acceptors (Lipinski definition) is 6. The summed E-state index contributed by atoms with van der Waals surface area (Å²) in [7, 11) is 3.35. The molecule has 7 heteroatoms. The molecular formula is C22H34N4O3. The summed E-state index contributed by atoms with van der Waals surface area (Å²) in [5.74, 6) is 1.61. The van der Waals surface area contributed by atoms with Crippen LogP contribution in [-0.2, 0) is 19.6 Å². The Labute approximate surface area is 173 Å². The first kappa shape index (κ1) is 21.6. The van der Waals surface area contributed by atoms with Gasteiger partial charge in [0.1, 0.15) is 11.5 Å². The fourth-order valence-electron chi connectivity index (χ4n) is 4.12. The van der Waals surface area contributed by atoms with Crippen LogP contribution in [0.25, 0.3) is 0 Å². The van der Waals surface area contributed by atoms with Gasteiger partial charge in [-0.25, -0.2) is 0 Å². The van der Waals surface area contributed by atoms with Crippen molar-refractivity contribution >= 4 is 0 Å². The first-order valence-corrected chi connectivity index (χ1v) is 10.4. The number of benzene rings is 1. The maximum atomic E-state index is 9.62. The highest BCUT2D eigenvalue weighted by atomic mass is 16.5. The molecule has 0 spiro atoms. The lowest BCUT2D eigenvalue weighted by Gasteiger charge is -2.41. The molecule has 29 heavy (non-hydrogen) atoms. The zero-order valence-corrected chi connectivity index (χ0v) is 18.1. The second-order valence-corrected chi connectivity index (χ2v) is 7.66. The number of aryl methyl sites for hydroxylation is 1. The van der Waals surface area contributed by atoms with E-state index in [1.54, 1.807) is 14.2 Å². The molecule has 1 unspecified atom stereocenters. The van der Waals surface area contributed by atoms with Crippen LogP contribution < -0.4 is 9.47 Å². The number of hydrogen-bond donors (Lipinski definition) is 1. The van der Waals surface area contributed by atoms with Crippen LogP contribution >= 0.6 is 0 Å². The zero-order chi connectivity index (χ0) is 20.8. The van der Waals surface area contributed by atoms with E-state index < -0.39 is 0 Å². The Kier molecular flexibility index (Phi) is 7.52. The van der Waals surface area contributed by atoms with E-state index in [2.05, 4.69) is 40.9 Å². The molecule has 160 valence electrons. The highest BCUT2D eigenvalue weighted by molar-refractivity contribution is 5.38. The summed E-state index contributed by atoms with van der Waals surface area (Å²) in [5.41, 5.74) is 3.70. The highest BCUT2D eigenvalue weighted by Gasteiger charge is 2.27. The van der Waals surface area contributed by atoms with Crippen molar-refractivity contribution in [2.45, 2.75) is 45.9 Å². The summed E-state index contributed by atoms with van der Waals surface area (Å²) in [5, 5.41) is 14.1. The molecule has 1 aromatic heterocycles. The lowest BCUT2D eigenvalue weighted by molar-refractivity contribution is 0.0498. The van der Waals surface area contributed by atoms with Crippen LogP contribution in [0.5, 0.6) is 11.5 Å². The van der Waals surface area contributed by atoms with Gasteiger partial charge in [0.05, 0.1) is 20.4 Å². The topological polar surface area (TPSA) is 63.0 Å². The van der Waals surface area contributed by atoms with Gasteiger partial charge in [0, 0.05) is 69.2 Å². The molecule has 1 saturated heterocycles. The molecule has 0 radical (unpaired) electrons. The zero-order valence-electron chi connectivity index (χ0n) is 18.1. The molecule has 1 atom stereocenters. The van der Waals surface area contributed by atoms with E-state index in [-0.39, 0.29) is 6.61 Å². The van der Waals surface area contributed by atoms with Gasteiger partial charge in [-0.05, 0) is 38.0 Å². The fraction of sp³-hybridized carbons (Fsp3) is 0.591. The van der Waals surface area contributed by atoms with Crippen molar-refractivity contribution in [2.75, 3.05) is 40.5 Å². The molecule has 0 amide bonds. The van der Waals surface area contributed by atoms with E-state index in [0.717, 1.165) is 62.8 Å². The third kappa shape index (κ3) is 5.29. The molecule has 1 aliphatic rings. The Morgan fingerprint density at radius 2 is 1.83 bits per heavy atom. The number of methoxy groups -OCH3 is 2. The third-order valence-corrected chi connectivity index (χ3v) is 5.85. The third-order valence-electron chi connectivity index (χ3n) is 5.85. The summed E-state index contributed by atoms with van der Waals surface area (Å²) < 4.78 is 12.9. The monoisotopic (exact) mass is 402 g/mol. The molecule has 2 heterocycles. The summed E-state index contributed by atoms with van der Waals surface area (Å²) in [6.45, 7) is 9.99. The maximum Gasteiger partial charge on any atom is 0.122 e. The number of aliphatic hydroxyl groups excluding tert-OH is 1. The molecule has 0 bridgehead atoms. The molecule has 1 aromatic carbocycles. The van der Waals surface area contributed by atoms with Gasteiger partial charge in [-0.2, -0.15) is 5.10 Å². The van der Waals surface area contributed by atoms with E-state index in [4.69, 9.17) is 9.47 Å². The SMILES string of the molecule is CCn1ncc(CN2CCN(Cc3cc(OC)cc(OC)c3)C(CCO)C2)c1C. The van der Waals surface area contributed by atoms with Crippen LogP contribution in [0.3, 0.4) is 0 Å². The lowest BCUT2D eigenvalue weighted by Crippen LogP contribution is -2.52. The minimum atomic E-state index is 0.198. The smallest absolute Gasteiger partial charge is 0.122 e. The van der Waals surface area contributed by atoms with Gasteiger partial charge in [-0.15, -0.1) is 0 Å². The van der Waals surface area contributed by atoms with Crippen LogP contribution in [0.4, 0.5) is 0 Å². The number of nitrogens with zero attached hydrogens (tertiary/aromatic N) is 4. The van der Waals surface area contributed by atoms with Crippen LogP contribution in [0.1, 0.15) is 30.2 Å². The van der Waals surface area contributed by atoms with Crippen molar-refractivity contribution in [3.63, 3.8) is 0 Å². The van der Waals surface area contributed by atoms with Gasteiger partial charge in [0.25, 0.3) is 0 Å². The predicted octanol–water partition coefficient (Wildman–Crippen LogP) is 2.30. The second kappa shape index (κ2) is 10.1. The van der Waals surface area contributed by atoms with Gasteiger partial charge < -0.3 is 14.6 Å². The van der Waals surface area contributed by atoms with Crippen molar-refractivity contribution in [1.82, 2.24) is 19.6 Å². The van der Waals surface area contributed by atoms with Crippen LogP contribution in [-0.4, -0.2) is 71.2 Å². The Bertz CT molecular complexity index is 770. The Morgan fingerprint density at radius 1 is 1.10 bits per heavy atom. The standard InChI is InChI=1S/C22H34N4O3/c1-5-26-17(2)19(13-23-26)15-24-7-8-25(20(16-24)6-9-27)14-18-10-21(28-3)12-22(11-18)29-4/h10-13,20,27H,5-9,14-16H2,1-4H3. The van der Waals surface area contributed by atoms with Crippen LogP contribution in [0.15, 0.2) is 24.4 Å². The van der Waals surface area contributed by atoms with E-state index in [1.807, 2.05) is 16.9 Å². The normalized spacial score (nSPS) is 18.2. The average Bonchev–Trinajstić information content (AvgIpc) is 3.09. The maximum absolute atomic E-state index is 9.62. The van der Waals surface area contributed by atoms with Gasteiger partial charge in [0.15, 0.2) is 0 Å². The molecule has 1 fully saturated rings. The minimum Gasteiger partial charge on any atom is -0.497 e. The van der Waals surface area contributed by atoms with Crippen molar-refractivity contribution in [3.8, 4) is 11.5 Å². The first-order valence-electron chi connectivity index (χ1n) is 10.4. The number of aliphatic hydroxyl groups is 1. The van der Waals surface area contributed by atoms with Crippen LogP contribution in [0.2, 0.25) is 0 Å². The molecule has 7 nitrogen and oxygen atoms in total. The summed E-state index contributed by atoms with van der Waals surface area (Å²) in [6.07, 6.45) is 2.76. The van der Waals surface area contributed by atoms with E-state index in [9.17, 15) is 5.11 Å². The van der Waals surface area contributed by atoms with Crippen molar-refractivity contribution < 1.29 is 14.6 Å². The van der Waals surface area contributed by atoms with E-state index in [0.29, 0.717) is 6.04 Å². The number of ether oxygens (including phenoxy) is 2. The second-order valence-electron chi connectivity index (χ2n) is 7.66. The van der Waals surface area contributed by atoms with Gasteiger partial charge >= 0.3 is 0 Å². The Hall–Kier alpha value is -2.09. The first-order chi connectivity index (χ1) is 14.1. The minimum absolute atomic E-state index is 0.198. The number of piperazine rings is 1. The number of rotatable bonds is 9. The molecule has 1 aliphatic heterocycles. The molecule has 0 saturated carbocycles. The molecule has 3 rings (SSSR count). The predicted molar refractivity (Wildman–Crippen MR) is 113 cm³/mol. The van der Waals surface area contributed by atoms with Crippen molar-refractivity contribution in [1.29, 1.82) is 0 Å². The van der Waals surface area contributed by atoms with Crippen molar-refractivity contribution in [3.05, 3.63) is 41.2 Å². The molecule has 0 aliphatic carbocycles. The summed E-state index contributed by atoms with van der Waals surface area (Å²) in [6, 6.07) is 6.33. The van der Waals surface area contributed by atoms with Gasteiger partial charge in [0.2, 0.25) is 0 Å². The van der Waals surface area contributed by atoms with Gasteiger partial charge in [-0.1, -0.05) is 0 Å². The summed E-state index contributed by atoms with van der Waals surface area (Å²) in [4.78, 5) is 4.94. The number of aromatic nitrogens is 2. The Morgan fingerprint density at radius 3 is 2.41 bits per heavy atom. The average molecular weight is 403 g/mol. The highest BCUT2D eigenvalue weighted by Crippen LogP contribution is 2.25. The Balaban J connectivity index is 1.68. The van der Waals surface area contributed by atoms with E-state index >= 15 is 0 Å². The summed E-state index contributed by atoms with van der Waals surface area (Å²) >= 11 is 0. The molecular weight excluding hydrogens is 368 g/mol. The fourth-order valence-corrected chi connectivity index (χ4v) is 4.12. The lowest BCUT2D eigenvalue weighted by atomic mass is 10.1. The molecule has 2 aromatic rings. The van der Waals surface area contributed by atoms with Gasteiger partial charge in [-0.3, -0.25) is 14.5 Å². The largest absolute Gasteiger partial charge is 0.497 e.